The minimum Gasteiger partial charge on any atom is -0.394 e. The number of hydrogen-bond acceptors (Lipinski definition) is 5. The first kappa shape index (κ1) is 14.4. The number of rotatable bonds is 5. The normalized spacial score (nSPS) is 13.4. The van der Waals surface area contributed by atoms with Gasteiger partial charge in [-0.15, -0.1) is 0 Å². The predicted octanol–water partition coefficient (Wildman–Crippen LogP) is 1.81. The fourth-order valence-electron chi connectivity index (χ4n) is 1.50. The highest BCUT2D eigenvalue weighted by Gasteiger charge is 2.22. The van der Waals surface area contributed by atoms with Crippen molar-refractivity contribution in [3.63, 3.8) is 0 Å². The average molecular weight is 319 g/mol. The number of benzene rings is 1. The Morgan fingerprint density at radius 1 is 1.37 bits per heavy atom. The largest absolute Gasteiger partial charge is 0.394 e. The molecular weight excluding hydrogens is 308 g/mol. The summed E-state index contributed by atoms with van der Waals surface area (Å²) in [5.74, 6) is 0. The van der Waals surface area contributed by atoms with Crippen LogP contribution >= 0.6 is 22.9 Å². The Balaban J connectivity index is 2.23. The maximum atomic E-state index is 12.1. The highest BCUT2D eigenvalue weighted by atomic mass is 35.5. The van der Waals surface area contributed by atoms with Gasteiger partial charge in [0.15, 0.2) is 8.68 Å². The Morgan fingerprint density at radius 2 is 2.05 bits per heavy atom. The van der Waals surface area contributed by atoms with Crippen LogP contribution in [0.25, 0.3) is 0 Å². The third kappa shape index (κ3) is 3.52. The molecule has 2 aromatic rings. The highest BCUT2D eigenvalue weighted by molar-refractivity contribution is 7.91. The van der Waals surface area contributed by atoms with E-state index in [2.05, 4.69) is 9.71 Å². The molecule has 0 saturated heterocycles. The molecule has 0 saturated carbocycles. The summed E-state index contributed by atoms with van der Waals surface area (Å²) in [5, 5.41) is 9.33. The fraction of sp³-hybridized carbons (Fsp3) is 0.182. The molecule has 0 fully saturated rings. The molecule has 8 heteroatoms. The molecule has 102 valence electrons. The summed E-state index contributed by atoms with van der Waals surface area (Å²) in [6.07, 6.45) is 1.19. The number of sulfonamides is 1. The summed E-state index contributed by atoms with van der Waals surface area (Å²) in [5.41, 5.74) is 0.684. The van der Waals surface area contributed by atoms with Crippen LogP contribution in [0, 0.1) is 0 Å². The van der Waals surface area contributed by atoms with E-state index >= 15 is 0 Å². The Hall–Kier alpha value is -0.990. The van der Waals surface area contributed by atoms with Crippen molar-refractivity contribution in [3.05, 3.63) is 46.6 Å². The molecule has 0 aliphatic rings. The first-order chi connectivity index (χ1) is 9.03. The van der Waals surface area contributed by atoms with Gasteiger partial charge in [-0.1, -0.05) is 53.3 Å². The van der Waals surface area contributed by atoms with E-state index in [4.69, 9.17) is 11.6 Å². The third-order valence-electron chi connectivity index (χ3n) is 2.40. The van der Waals surface area contributed by atoms with Crippen LogP contribution in [0.1, 0.15) is 11.6 Å². The first-order valence-electron chi connectivity index (χ1n) is 5.32. The number of thiazole rings is 1. The van der Waals surface area contributed by atoms with Gasteiger partial charge in [0, 0.05) is 0 Å². The predicted molar refractivity (Wildman–Crippen MR) is 73.7 cm³/mol. The van der Waals surface area contributed by atoms with Crippen LogP contribution in [0.3, 0.4) is 0 Å². The Morgan fingerprint density at radius 3 is 2.58 bits per heavy atom. The number of halogens is 1. The zero-order chi connectivity index (χ0) is 13.9. The summed E-state index contributed by atoms with van der Waals surface area (Å²) in [7, 11) is -3.74. The Labute approximate surface area is 119 Å². The molecule has 0 spiro atoms. The molecule has 0 amide bonds. The summed E-state index contributed by atoms with van der Waals surface area (Å²) >= 11 is 6.48. The van der Waals surface area contributed by atoms with E-state index in [1.54, 1.807) is 24.3 Å². The molecule has 5 nitrogen and oxygen atoms in total. The number of aromatic nitrogens is 1. The zero-order valence-electron chi connectivity index (χ0n) is 9.65. The quantitative estimate of drug-likeness (QED) is 0.881. The molecule has 19 heavy (non-hydrogen) atoms. The van der Waals surface area contributed by atoms with E-state index in [1.807, 2.05) is 6.07 Å². The van der Waals surface area contributed by atoms with Gasteiger partial charge < -0.3 is 5.11 Å². The van der Waals surface area contributed by atoms with Gasteiger partial charge in [0.05, 0.1) is 18.8 Å². The van der Waals surface area contributed by atoms with Gasteiger partial charge in [0.1, 0.15) is 0 Å². The molecule has 0 aliphatic carbocycles. The summed E-state index contributed by atoms with van der Waals surface area (Å²) in [4.78, 5) is 3.69. The summed E-state index contributed by atoms with van der Waals surface area (Å²) in [6, 6.07) is 8.14. The lowest BCUT2D eigenvalue weighted by Gasteiger charge is -2.15. The molecule has 1 aromatic heterocycles. The lowest BCUT2D eigenvalue weighted by atomic mass is 10.1. The number of aliphatic hydroxyl groups excluding tert-OH is 1. The van der Waals surface area contributed by atoms with Crippen molar-refractivity contribution < 1.29 is 13.5 Å². The third-order valence-corrected chi connectivity index (χ3v) is 5.45. The number of nitrogens with one attached hydrogen (secondary N) is 1. The standard InChI is InChI=1S/C11H11ClN2O3S2/c12-11-13-6-10(18-11)19(16,17)14-9(7-15)8-4-2-1-3-5-8/h1-6,9,14-15H,7H2. The lowest BCUT2D eigenvalue weighted by molar-refractivity contribution is 0.259. The zero-order valence-corrected chi connectivity index (χ0v) is 12.0. The molecular formula is C11H11ClN2O3S2. The number of aliphatic hydroxyl groups is 1. The van der Waals surface area contributed by atoms with Crippen molar-refractivity contribution in [1.29, 1.82) is 0 Å². The van der Waals surface area contributed by atoms with Gasteiger partial charge in [-0.25, -0.2) is 18.1 Å². The molecule has 1 aromatic carbocycles. The van der Waals surface area contributed by atoms with E-state index in [9.17, 15) is 13.5 Å². The van der Waals surface area contributed by atoms with E-state index in [1.165, 1.54) is 6.20 Å². The molecule has 2 rings (SSSR count). The smallest absolute Gasteiger partial charge is 0.252 e. The van der Waals surface area contributed by atoms with Crippen molar-refractivity contribution in [2.45, 2.75) is 10.3 Å². The average Bonchev–Trinajstić information content (AvgIpc) is 2.85. The van der Waals surface area contributed by atoms with Crippen LogP contribution < -0.4 is 4.72 Å². The van der Waals surface area contributed by atoms with Gasteiger partial charge in [-0.3, -0.25) is 0 Å². The van der Waals surface area contributed by atoms with Crippen molar-refractivity contribution in [3.8, 4) is 0 Å². The number of nitrogens with zero attached hydrogens (tertiary/aromatic N) is 1. The van der Waals surface area contributed by atoms with Gasteiger partial charge in [-0.2, -0.15) is 0 Å². The number of hydrogen-bond donors (Lipinski definition) is 2. The molecule has 2 N–H and O–H groups in total. The van der Waals surface area contributed by atoms with Crippen LogP contribution in [-0.2, 0) is 10.0 Å². The molecule has 0 aliphatic heterocycles. The van der Waals surface area contributed by atoms with E-state index in [0.29, 0.717) is 5.56 Å². The van der Waals surface area contributed by atoms with Crippen LogP contribution in [-0.4, -0.2) is 25.1 Å². The van der Waals surface area contributed by atoms with E-state index in [0.717, 1.165) is 11.3 Å². The second kappa shape index (κ2) is 5.98. The van der Waals surface area contributed by atoms with Crippen LogP contribution in [0.15, 0.2) is 40.7 Å². The Bertz CT molecular complexity index is 643. The molecule has 0 bridgehead atoms. The SMILES string of the molecule is O=S(=O)(NC(CO)c1ccccc1)c1cnc(Cl)s1. The maximum Gasteiger partial charge on any atom is 0.252 e. The van der Waals surface area contributed by atoms with Crippen LogP contribution in [0.2, 0.25) is 4.47 Å². The minimum absolute atomic E-state index is 0.0203. The van der Waals surface area contributed by atoms with Crippen molar-refractivity contribution in [1.82, 2.24) is 9.71 Å². The van der Waals surface area contributed by atoms with E-state index in [-0.39, 0.29) is 15.3 Å². The maximum absolute atomic E-state index is 12.1. The van der Waals surface area contributed by atoms with Crippen LogP contribution in [0.5, 0.6) is 0 Å². The van der Waals surface area contributed by atoms with Crippen molar-refractivity contribution in [2.75, 3.05) is 6.61 Å². The molecule has 1 atom stereocenters. The fourth-order valence-corrected chi connectivity index (χ4v) is 4.03. The lowest BCUT2D eigenvalue weighted by Crippen LogP contribution is -2.30. The molecule has 1 heterocycles. The van der Waals surface area contributed by atoms with Crippen LogP contribution in [0.4, 0.5) is 0 Å². The molecule has 1 unspecified atom stereocenters. The minimum atomic E-state index is -3.74. The highest BCUT2D eigenvalue weighted by Crippen LogP contribution is 2.24. The van der Waals surface area contributed by atoms with Gasteiger partial charge >= 0.3 is 0 Å². The van der Waals surface area contributed by atoms with E-state index < -0.39 is 16.1 Å². The van der Waals surface area contributed by atoms with Crippen molar-refractivity contribution >= 4 is 33.0 Å². The summed E-state index contributed by atoms with van der Waals surface area (Å²) in [6.45, 7) is -0.338. The topological polar surface area (TPSA) is 79.3 Å². The van der Waals surface area contributed by atoms with Gasteiger partial charge in [-0.05, 0) is 5.56 Å². The monoisotopic (exact) mass is 318 g/mol. The second-order valence-corrected chi connectivity index (χ2v) is 7.25. The molecule has 0 radical (unpaired) electrons. The van der Waals surface area contributed by atoms with Gasteiger partial charge in [0.2, 0.25) is 0 Å². The second-order valence-electron chi connectivity index (χ2n) is 3.70. The Kier molecular flexibility index (Phi) is 4.54. The summed E-state index contributed by atoms with van der Waals surface area (Å²) < 4.78 is 26.8. The van der Waals surface area contributed by atoms with Gasteiger partial charge in [0.25, 0.3) is 10.0 Å². The first-order valence-corrected chi connectivity index (χ1v) is 8.00. The van der Waals surface area contributed by atoms with Crippen molar-refractivity contribution in [2.24, 2.45) is 0 Å².